The van der Waals surface area contributed by atoms with Gasteiger partial charge >= 0.3 is 0 Å². The Morgan fingerprint density at radius 2 is 1.92 bits per heavy atom. The van der Waals surface area contributed by atoms with Crippen molar-refractivity contribution >= 4 is 25.3 Å². The molecule has 0 aromatic carbocycles. The Morgan fingerprint density at radius 1 is 1.25 bits per heavy atom. The van der Waals surface area contributed by atoms with Crippen LogP contribution in [0.5, 0.6) is 0 Å². The Hall–Kier alpha value is -0.860. The summed E-state index contributed by atoms with van der Waals surface area (Å²) in [6, 6.07) is 0. The molecule has 0 saturated heterocycles. The van der Waals surface area contributed by atoms with Crippen molar-refractivity contribution in [1.82, 2.24) is 0 Å². The molecule has 1 rings (SSSR count). The van der Waals surface area contributed by atoms with E-state index >= 15 is 0 Å². The van der Waals surface area contributed by atoms with Crippen LogP contribution in [-0.4, -0.2) is 5.75 Å². The molecule has 0 spiro atoms. The van der Waals surface area contributed by atoms with E-state index in [-0.39, 0.29) is 0 Å². The molecule has 0 saturated carbocycles. The van der Waals surface area contributed by atoms with Crippen LogP contribution < -0.4 is 0 Å². The predicted octanol–water partition coefficient (Wildman–Crippen LogP) is 6.83. The second-order valence-corrected chi connectivity index (χ2v) is 7.79. The fourth-order valence-electron chi connectivity index (χ4n) is 3.67. The van der Waals surface area contributed by atoms with E-state index in [1.807, 2.05) is 12.2 Å². The molecule has 0 N–H and O–H groups in total. The lowest BCUT2D eigenvalue weighted by Crippen LogP contribution is -2.28. The smallest absolute Gasteiger partial charge is 0.0211 e. The fraction of sp³-hybridized carbons (Fsp3) is 0.455. The second-order valence-electron chi connectivity index (χ2n) is 6.90. The van der Waals surface area contributed by atoms with Gasteiger partial charge in [0.2, 0.25) is 0 Å². The summed E-state index contributed by atoms with van der Waals surface area (Å²) in [5.41, 5.74) is 3.92. The molecule has 0 amide bonds. The first kappa shape index (κ1) is 21.2. The number of hydrogen-bond acceptors (Lipinski definition) is 2. The van der Waals surface area contributed by atoms with Crippen molar-refractivity contribution < 1.29 is 0 Å². The quantitative estimate of drug-likeness (QED) is 0.264. The number of allylic oxidation sites excluding steroid dienone is 8. The van der Waals surface area contributed by atoms with E-state index in [1.54, 1.807) is 0 Å². The standard InChI is InChI=1S/C22H32S2/c1-7-10-17(11-19(24)14-23)12-22-16(6)21(15(4)5)13-18(8-2)20(22)9-3/h7-9,11-12,15-16,18,21,23-24H,1-3,10,13-14H2,4-6H3/b17-12+,19-11+. The van der Waals surface area contributed by atoms with Gasteiger partial charge in [0.25, 0.3) is 0 Å². The van der Waals surface area contributed by atoms with Crippen molar-refractivity contribution in [1.29, 1.82) is 0 Å². The largest absolute Gasteiger partial charge is 0.174 e. The third kappa shape index (κ3) is 5.32. The average Bonchev–Trinajstić information content (AvgIpc) is 2.55. The number of hydrogen-bond donors (Lipinski definition) is 2. The van der Waals surface area contributed by atoms with Gasteiger partial charge in [-0.1, -0.05) is 51.7 Å². The molecule has 24 heavy (non-hydrogen) atoms. The minimum absolute atomic E-state index is 0.381. The lowest BCUT2D eigenvalue weighted by atomic mass is 9.66. The van der Waals surface area contributed by atoms with E-state index in [2.05, 4.69) is 84.0 Å². The van der Waals surface area contributed by atoms with E-state index in [0.717, 1.165) is 17.7 Å². The van der Waals surface area contributed by atoms with Crippen LogP contribution in [0.1, 0.15) is 33.6 Å². The number of rotatable bonds is 8. The molecular weight excluding hydrogens is 328 g/mol. The topological polar surface area (TPSA) is 0 Å². The molecule has 0 nitrogen and oxygen atoms in total. The third-order valence-corrected chi connectivity index (χ3v) is 5.86. The highest BCUT2D eigenvalue weighted by Gasteiger charge is 2.32. The molecule has 3 unspecified atom stereocenters. The lowest BCUT2D eigenvalue weighted by molar-refractivity contribution is 0.250. The maximum atomic E-state index is 4.49. The molecule has 132 valence electrons. The van der Waals surface area contributed by atoms with E-state index in [1.165, 1.54) is 16.7 Å². The molecule has 2 heteroatoms. The van der Waals surface area contributed by atoms with Crippen molar-refractivity contribution in [2.75, 3.05) is 5.75 Å². The van der Waals surface area contributed by atoms with E-state index in [9.17, 15) is 0 Å². The predicted molar refractivity (Wildman–Crippen MR) is 117 cm³/mol. The summed E-state index contributed by atoms with van der Waals surface area (Å²) in [6.45, 7) is 19.0. The molecule has 0 radical (unpaired) electrons. The zero-order valence-corrected chi connectivity index (χ0v) is 17.1. The summed E-state index contributed by atoms with van der Waals surface area (Å²) in [7, 11) is 0. The zero-order chi connectivity index (χ0) is 18.3. The van der Waals surface area contributed by atoms with Gasteiger partial charge in [0.05, 0.1) is 0 Å². The summed E-state index contributed by atoms with van der Waals surface area (Å²) < 4.78 is 0. The Morgan fingerprint density at radius 3 is 2.38 bits per heavy atom. The first-order valence-electron chi connectivity index (χ1n) is 8.70. The third-order valence-electron chi connectivity index (χ3n) is 4.99. The average molecular weight is 361 g/mol. The first-order chi connectivity index (χ1) is 11.4. The van der Waals surface area contributed by atoms with Crippen molar-refractivity contribution in [3.8, 4) is 0 Å². The van der Waals surface area contributed by atoms with Gasteiger partial charge in [-0.15, -0.1) is 25.8 Å². The zero-order valence-electron chi connectivity index (χ0n) is 15.3. The summed E-state index contributed by atoms with van der Waals surface area (Å²) in [6.07, 6.45) is 12.4. The van der Waals surface area contributed by atoms with Gasteiger partial charge < -0.3 is 0 Å². The van der Waals surface area contributed by atoms with Gasteiger partial charge in [0.15, 0.2) is 0 Å². The van der Waals surface area contributed by atoms with Gasteiger partial charge in [0, 0.05) is 11.7 Å². The highest BCUT2D eigenvalue weighted by molar-refractivity contribution is 7.87. The highest BCUT2D eigenvalue weighted by atomic mass is 32.1. The van der Waals surface area contributed by atoms with Gasteiger partial charge in [0.1, 0.15) is 0 Å². The Labute approximate surface area is 160 Å². The van der Waals surface area contributed by atoms with Crippen LogP contribution in [0.25, 0.3) is 0 Å². The molecule has 1 aliphatic carbocycles. The van der Waals surface area contributed by atoms with Crippen LogP contribution in [-0.2, 0) is 0 Å². The molecular formula is C22H32S2. The SMILES string of the molecule is C=CCC(/C=C(/S)CS)=C\C1=C(C=C)C(C=C)CC(C(C)C)C1C. The Bertz CT molecular complexity index is 561. The Balaban J connectivity index is 3.46. The van der Waals surface area contributed by atoms with Gasteiger partial charge in [-0.2, -0.15) is 12.6 Å². The maximum absolute atomic E-state index is 4.49. The van der Waals surface area contributed by atoms with Crippen LogP contribution >= 0.6 is 25.3 Å². The molecule has 0 bridgehead atoms. The summed E-state index contributed by atoms with van der Waals surface area (Å²) in [5, 5.41) is 0. The van der Waals surface area contributed by atoms with E-state index in [0.29, 0.717) is 29.4 Å². The maximum Gasteiger partial charge on any atom is 0.0211 e. The molecule has 0 fully saturated rings. The van der Waals surface area contributed by atoms with Gasteiger partial charge in [-0.3, -0.25) is 0 Å². The minimum Gasteiger partial charge on any atom is -0.174 e. The fourth-order valence-corrected chi connectivity index (χ4v) is 3.93. The van der Waals surface area contributed by atoms with Crippen LogP contribution in [0, 0.1) is 23.7 Å². The molecule has 0 heterocycles. The van der Waals surface area contributed by atoms with Crippen molar-refractivity contribution in [2.45, 2.75) is 33.6 Å². The molecule has 3 atom stereocenters. The van der Waals surface area contributed by atoms with Crippen LogP contribution in [0.4, 0.5) is 0 Å². The first-order valence-corrected chi connectivity index (χ1v) is 9.78. The highest BCUT2D eigenvalue weighted by Crippen LogP contribution is 2.43. The van der Waals surface area contributed by atoms with E-state index < -0.39 is 0 Å². The summed E-state index contributed by atoms with van der Waals surface area (Å²) in [5.74, 6) is 2.82. The van der Waals surface area contributed by atoms with Crippen molar-refractivity contribution in [3.05, 3.63) is 71.7 Å². The lowest BCUT2D eigenvalue weighted by Gasteiger charge is -2.38. The number of thiol groups is 2. The normalized spacial score (nSPS) is 25.8. The molecule has 0 aliphatic heterocycles. The molecule has 1 aliphatic rings. The second kappa shape index (κ2) is 10.2. The van der Waals surface area contributed by atoms with Crippen LogP contribution in [0.15, 0.2) is 71.7 Å². The van der Waals surface area contributed by atoms with E-state index in [4.69, 9.17) is 0 Å². The monoisotopic (exact) mass is 360 g/mol. The molecule has 0 aromatic rings. The molecule has 0 aromatic heterocycles. The van der Waals surface area contributed by atoms with Gasteiger partial charge in [-0.05, 0) is 58.3 Å². The van der Waals surface area contributed by atoms with Crippen molar-refractivity contribution in [2.24, 2.45) is 23.7 Å². The summed E-state index contributed by atoms with van der Waals surface area (Å²) >= 11 is 8.80. The van der Waals surface area contributed by atoms with Crippen LogP contribution in [0.2, 0.25) is 0 Å². The summed E-state index contributed by atoms with van der Waals surface area (Å²) in [4.78, 5) is 0.969. The van der Waals surface area contributed by atoms with Crippen molar-refractivity contribution in [3.63, 3.8) is 0 Å². The minimum atomic E-state index is 0.381. The Kier molecular flexibility index (Phi) is 9.01. The van der Waals surface area contributed by atoms with Crippen LogP contribution in [0.3, 0.4) is 0 Å². The van der Waals surface area contributed by atoms with Gasteiger partial charge in [-0.25, -0.2) is 0 Å².